The van der Waals surface area contributed by atoms with Gasteiger partial charge in [0.1, 0.15) is 28.2 Å². The molecular weight excluding hydrogens is 398 g/mol. The van der Waals surface area contributed by atoms with Crippen molar-refractivity contribution in [3.8, 4) is 12.1 Å². The predicted molar refractivity (Wildman–Crippen MR) is 115 cm³/mol. The van der Waals surface area contributed by atoms with Crippen molar-refractivity contribution in [2.75, 3.05) is 25.2 Å². The van der Waals surface area contributed by atoms with Crippen LogP contribution in [0.2, 0.25) is 0 Å². The first-order chi connectivity index (χ1) is 14.5. The third-order valence-corrected chi connectivity index (χ3v) is 6.46. The molecule has 0 aliphatic carbocycles. The summed E-state index contributed by atoms with van der Waals surface area (Å²) in [6.45, 7) is 3.12. The van der Waals surface area contributed by atoms with Crippen LogP contribution in [0, 0.1) is 22.7 Å². The molecule has 1 aromatic carbocycles. The molecule has 8 heteroatoms. The molecule has 0 radical (unpaired) electrons. The Hall–Kier alpha value is -3.07. The number of nitriles is 2. The number of carbonyl (C=O) groups is 1. The number of aromatic nitrogens is 1. The monoisotopic (exact) mass is 421 g/mol. The lowest BCUT2D eigenvalue weighted by molar-refractivity contribution is -0.117. The fourth-order valence-electron chi connectivity index (χ4n) is 3.55. The summed E-state index contributed by atoms with van der Waals surface area (Å²) in [6, 6.07) is 13.7. The topological polar surface area (TPSA) is 116 Å². The highest BCUT2D eigenvalue weighted by molar-refractivity contribution is 8.00. The molecule has 1 amide bonds. The second kappa shape index (κ2) is 9.62. The normalized spacial score (nSPS) is 16.5. The van der Waals surface area contributed by atoms with Gasteiger partial charge in [0.15, 0.2) is 0 Å². The van der Waals surface area contributed by atoms with Gasteiger partial charge in [-0.15, -0.1) is 0 Å². The number of thioether (sulfide) groups is 1. The van der Waals surface area contributed by atoms with Gasteiger partial charge in [-0.25, -0.2) is 4.98 Å². The molecule has 1 fully saturated rings. The Labute approximate surface area is 180 Å². The highest BCUT2D eigenvalue weighted by Crippen LogP contribution is 2.39. The molecule has 0 saturated carbocycles. The fourth-order valence-corrected chi connectivity index (χ4v) is 4.61. The predicted octanol–water partition coefficient (Wildman–Crippen LogP) is 2.93. The Balaban J connectivity index is 2.13. The molecule has 1 aliphatic heterocycles. The van der Waals surface area contributed by atoms with Crippen LogP contribution in [-0.4, -0.2) is 37.2 Å². The molecule has 0 bridgehead atoms. The number of amides is 1. The van der Waals surface area contributed by atoms with Crippen LogP contribution in [0.3, 0.4) is 0 Å². The van der Waals surface area contributed by atoms with E-state index in [1.807, 2.05) is 49.2 Å². The quantitative estimate of drug-likeness (QED) is 0.683. The molecule has 1 unspecified atom stereocenters. The number of rotatable bonds is 7. The van der Waals surface area contributed by atoms with E-state index >= 15 is 0 Å². The molecule has 7 nitrogen and oxygen atoms in total. The van der Waals surface area contributed by atoms with Gasteiger partial charge in [0, 0.05) is 13.7 Å². The Morgan fingerprint density at radius 1 is 1.33 bits per heavy atom. The number of likely N-dealkylation sites (N-methyl/N-ethyl adjacent to an activating group) is 1. The number of carbonyl (C=O) groups excluding carboxylic acids is 1. The molecule has 2 heterocycles. The molecule has 1 saturated heterocycles. The fraction of sp³-hybridized carbons (Fsp3) is 0.364. The lowest BCUT2D eigenvalue weighted by Gasteiger charge is -2.27. The van der Waals surface area contributed by atoms with E-state index in [0.29, 0.717) is 47.2 Å². The maximum Gasteiger partial charge on any atom is 0.235 e. The van der Waals surface area contributed by atoms with Crippen LogP contribution in [-0.2, 0) is 16.0 Å². The van der Waals surface area contributed by atoms with E-state index in [4.69, 9.17) is 15.5 Å². The summed E-state index contributed by atoms with van der Waals surface area (Å²) in [5.74, 6) is -0.0129. The first-order valence-corrected chi connectivity index (χ1v) is 10.6. The van der Waals surface area contributed by atoms with E-state index < -0.39 is 11.2 Å². The van der Waals surface area contributed by atoms with Crippen molar-refractivity contribution in [3.05, 3.63) is 52.6 Å². The van der Waals surface area contributed by atoms with Gasteiger partial charge >= 0.3 is 0 Å². The smallest absolute Gasteiger partial charge is 0.235 e. The van der Waals surface area contributed by atoms with E-state index in [1.54, 1.807) is 0 Å². The Kier molecular flexibility index (Phi) is 6.94. The maximum absolute atomic E-state index is 12.2. The summed E-state index contributed by atoms with van der Waals surface area (Å²) in [5.41, 5.74) is 7.77. The zero-order valence-electron chi connectivity index (χ0n) is 17.0. The largest absolute Gasteiger partial charge is 0.379 e. The van der Waals surface area contributed by atoms with E-state index in [-0.39, 0.29) is 6.04 Å². The van der Waals surface area contributed by atoms with Crippen molar-refractivity contribution < 1.29 is 9.53 Å². The number of anilines is 1. The van der Waals surface area contributed by atoms with Gasteiger partial charge in [0.05, 0.1) is 23.8 Å². The SMILES string of the molecule is CCc1c(C#N)c(SC(C(N)=O)c2ccccc2)nc(N(C)[C@@H]2CCOC2)c1C#N. The molecule has 2 N–H and O–H groups in total. The van der Waals surface area contributed by atoms with Crippen molar-refractivity contribution in [3.63, 3.8) is 0 Å². The molecule has 1 aliphatic rings. The molecule has 2 atom stereocenters. The first-order valence-electron chi connectivity index (χ1n) is 9.70. The van der Waals surface area contributed by atoms with Crippen LogP contribution in [0.4, 0.5) is 5.82 Å². The summed E-state index contributed by atoms with van der Waals surface area (Å²) in [5, 5.41) is 19.4. The number of primary amides is 1. The number of benzene rings is 1. The third-order valence-electron chi connectivity index (χ3n) is 5.20. The maximum atomic E-state index is 12.2. The lowest BCUT2D eigenvalue weighted by atomic mass is 10.0. The summed E-state index contributed by atoms with van der Waals surface area (Å²) in [7, 11) is 1.88. The van der Waals surface area contributed by atoms with Crippen LogP contribution in [0.1, 0.15) is 40.8 Å². The Bertz CT molecular complexity index is 1010. The van der Waals surface area contributed by atoms with Gasteiger partial charge in [0.2, 0.25) is 5.91 Å². The number of hydrogen-bond acceptors (Lipinski definition) is 7. The summed E-state index contributed by atoms with van der Waals surface area (Å²) < 4.78 is 5.49. The highest BCUT2D eigenvalue weighted by Gasteiger charge is 2.29. The van der Waals surface area contributed by atoms with E-state index in [9.17, 15) is 15.3 Å². The Morgan fingerprint density at radius 3 is 2.57 bits per heavy atom. The van der Waals surface area contributed by atoms with Crippen molar-refractivity contribution in [2.24, 2.45) is 5.73 Å². The van der Waals surface area contributed by atoms with Gasteiger partial charge < -0.3 is 15.4 Å². The number of pyridine rings is 1. The van der Waals surface area contributed by atoms with Crippen LogP contribution in [0.15, 0.2) is 35.4 Å². The van der Waals surface area contributed by atoms with Crippen LogP contribution >= 0.6 is 11.8 Å². The van der Waals surface area contributed by atoms with Crippen molar-refractivity contribution >= 4 is 23.5 Å². The summed E-state index contributed by atoms with van der Waals surface area (Å²) >= 11 is 1.15. The second-order valence-corrected chi connectivity index (χ2v) is 8.08. The average molecular weight is 422 g/mol. The van der Waals surface area contributed by atoms with Gasteiger partial charge in [-0.1, -0.05) is 49.0 Å². The minimum Gasteiger partial charge on any atom is -0.379 e. The van der Waals surface area contributed by atoms with E-state index in [2.05, 4.69) is 12.1 Å². The van der Waals surface area contributed by atoms with Crippen molar-refractivity contribution in [2.45, 2.75) is 36.1 Å². The van der Waals surface area contributed by atoms with Gasteiger partial charge in [-0.3, -0.25) is 4.79 Å². The average Bonchev–Trinajstić information content (AvgIpc) is 3.31. The molecule has 2 aromatic rings. The zero-order chi connectivity index (χ0) is 21.7. The molecule has 30 heavy (non-hydrogen) atoms. The highest BCUT2D eigenvalue weighted by atomic mass is 32.2. The van der Waals surface area contributed by atoms with Crippen molar-refractivity contribution in [1.29, 1.82) is 10.5 Å². The third kappa shape index (κ3) is 4.25. The van der Waals surface area contributed by atoms with E-state index in [0.717, 1.165) is 23.7 Å². The molecular formula is C22H23N5O2S. The molecule has 1 aromatic heterocycles. The number of nitrogens with two attached hydrogens (primary N) is 1. The minimum atomic E-state index is -0.698. The van der Waals surface area contributed by atoms with Crippen LogP contribution in [0.5, 0.6) is 0 Å². The zero-order valence-corrected chi connectivity index (χ0v) is 17.8. The van der Waals surface area contributed by atoms with Gasteiger partial charge in [-0.05, 0) is 24.0 Å². The number of nitrogens with zero attached hydrogens (tertiary/aromatic N) is 4. The first kappa shape index (κ1) is 21.6. The number of hydrogen-bond donors (Lipinski definition) is 1. The lowest BCUT2D eigenvalue weighted by Crippen LogP contribution is -2.33. The molecule has 3 rings (SSSR count). The van der Waals surface area contributed by atoms with Crippen LogP contribution in [0.25, 0.3) is 0 Å². The molecule has 0 spiro atoms. The number of ether oxygens (including phenoxy) is 1. The summed E-state index contributed by atoms with van der Waals surface area (Å²) in [4.78, 5) is 18.9. The summed E-state index contributed by atoms with van der Waals surface area (Å²) in [6.07, 6.45) is 1.33. The van der Waals surface area contributed by atoms with Gasteiger partial charge in [0.25, 0.3) is 0 Å². The van der Waals surface area contributed by atoms with E-state index in [1.165, 1.54) is 0 Å². The van der Waals surface area contributed by atoms with Gasteiger partial charge in [-0.2, -0.15) is 10.5 Å². The Morgan fingerprint density at radius 2 is 2.03 bits per heavy atom. The second-order valence-electron chi connectivity index (χ2n) is 6.99. The standard InChI is InChI=1S/C22H23N5O2S/c1-3-16-17(11-23)21(27(2)15-9-10-29-13-15)26-22(18(16)12-24)30-19(20(25)28)14-7-5-4-6-8-14/h4-8,15,19H,3,9-10,13H2,1-2H3,(H2,25,28)/t15-,19?/m1/s1. The molecule has 154 valence electrons. The van der Waals surface area contributed by atoms with Crippen molar-refractivity contribution in [1.82, 2.24) is 4.98 Å². The minimum absolute atomic E-state index is 0.0983. The van der Waals surface area contributed by atoms with Crippen LogP contribution < -0.4 is 10.6 Å².